The van der Waals surface area contributed by atoms with Crippen molar-refractivity contribution in [1.29, 1.82) is 0 Å². The molecule has 1 N–H and O–H groups in total. The Morgan fingerprint density at radius 2 is 1.61 bits per heavy atom. The first kappa shape index (κ1) is 27.7. The van der Waals surface area contributed by atoms with Crippen LogP contribution in [0.3, 0.4) is 0 Å². The molecule has 3 rings (SSSR count). The van der Waals surface area contributed by atoms with Crippen LogP contribution >= 0.6 is 27.5 Å². The molecule has 190 valence electrons. The lowest BCUT2D eigenvalue weighted by molar-refractivity contribution is -0.139. The Balaban J connectivity index is 2.04. The molecule has 1 unspecified atom stereocenters. The Kier molecular flexibility index (Phi) is 9.53. The Morgan fingerprint density at radius 1 is 0.972 bits per heavy atom. The molecule has 0 heterocycles. The van der Waals surface area contributed by atoms with Crippen LogP contribution in [0, 0.1) is 0 Å². The molecule has 3 aromatic rings. The van der Waals surface area contributed by atoms with Gasteiger partial charge in [0.15, 0.2) is 0 Å². The lowest BCUT2D eigenvalue weighted by Crippen LogP contribution is -2.52. The van der Waals surface area contributed by atoms with E-state index >= 15 is 0 Å². The lowest BCUT2D eigenvalue weighted by atomic mass is 10.0. The van der Waals surface area contributed by atoms with Gasteiger partial charge in [-0.1, -0.05) is 82.1 Å². The Labute approximate surface area is 225 Å². The zero-order valence-corrected chi connectivity index (χ0v) is 23.1. The van der Waals surface area contributed by atoms with Crippen LogP contribution < -0.4 is 9.62 Å². The summed E-state index contributed by atoms with van der Waals surface area (Å²) in [5.41, 5.74) is 1.84. The number of halogens is 2. The van der Waals surface area contributed by atoms with Crippen LogP contribution in [0.1, 0.15) is 11.1 Å². The maximum absolute atomic E-state index is 13.8. The van der Waals surface area contributed by atoms with Gasteiger partial charge in [-0.05, 0) is 35.4 Å². The highest BCUT2D eigenvalue weighted by atomic mass is 79.9. The second kappa shape index (κ2) is 12.4. The summed E-state index contributed by atoms with van der Waals surface area (Å²) in [5, 5.41) is 2.84. The van der Waals surface area contributed by atoms with Gasteiger partial charge >= 0.3 is 0 Å². The highest BCUT2D eigenvalue weighted by Gasteiger charge is 2.33. The van der Waals surface area contributed by atoms with E-state index in [1.165, 1.54) is 18.0 Å². The molecule has 10 heteroatoms. The highest BCUT2D eigenvalue weighted by Crippen LogP contribution is 2.28. The zero-order valence-electron chi connectivity index (χ0n) is 19.9. The molecule has 0 aliphatic heterocycles. The van der Waals surface area contributed by atoms with Crippen LogP contribution in [-0.2, 0) is 32.6 Å². The largest absolute Gasteiger partial charge is 0.357 e. The van der Waals surface area contributed by atoms with E-state index < -0.39 is 28.5 Å². The van der Waals surface area contributed by atoms with Gasteiger partial charge in [0.2, 0.25) is 21.8 Å². The first-order valence-corrected chi connectivity index (χ1v) is 14.1. The van der Waals surface area contributed by atoms with E-state index in [0.29, 0.717) is 0 Å². The number of hydrogen-bond donors (Lipinski definition) is 1. The molecule has 36 heavy (non-hydrogen) atoms. The summed E-state index contributed by atoms with van der Waals surface area (Å²) in [7, 11) is -2.36. The van der Waals surface area contributed by atoms with Crippen LogP contribution in [0.4, 0.5) is 5.69 Å². The van der Waals surface area contributed by atoms with Crippen molar-refractivity contribution in [3.63, 3.8) is 0 Å². The number of nitrogens with one attached hydrogen (secondary N) is 1. The fraction of sp³-hybridized carbons (Fsp3) is 0.231. The average molecular weight is 593 g/mol. The van der Waals surface area contributed by atoms with Crippen LogP contribution in [0.2, 0.25) is 5.02 Å². The van der Waals surface area contributed by atoms with Crippen molar-refractivity contribution < 1.29 is 18.0 Å². The summed E-state index contributed by atoms with van der Waals surface area (Å²) in [6.45, 7) is -0.415. The van der Waals surface area contributed by atoms with Gasteiger partial charge in [-0.2, -0.15) is 0 Å². The van der Waals surface area contributed by atoms with Crippen molar-refractivity contribution in [2.45, 2.75) is 19.0 Å². The van der Waals surface area contributed by atoms with Gasteiger partial charge < -0.3 is 10.2 Å². The van der Waals surface area contributed by atoms with Crippen molar-refractivity contribution in [2.75, 3.05) is 24.2 Å². The normalized spacial score (nSPS) is 12.0. The molecule has 0 aromatic heterocycles. The third-order valence-electron chi connectivity index (χ3n) is 5.56. The predicted octanol–water partition coefficient (Wildman–Crippen LogP) is 4.25. The summed E-state index contributed by atoms with van der Waals surface area (Å²) < 4.78 is 27.2. The van der Waals surface area contributed by atoms with Crippen molar-refractivity contribution in [3.05, 3.63) is 99.5 Å². The van der Waals surface area contributed by atoms with Gasteiger partial charge in [-0.25, -0.2) is 8.42 Å². The third kappa shape index (κ3) is 7.32. The topological polar surface area (TPSA) is 86.8 Å². The minimum absolute atomic E-state index is 0.101. The van der Waals surface area contributed by atoms with Gasteiger partial charge in [-0.3, -0.25) is 13.9 Å². The van der Waals surface area contributed by atoms with Gasteiger partial charge in [0.1, 0.15) is 12.6 Å². The molecule has 2 amide bonds. The Morgan fingerprint density at radius 3 is 2.22 bits per heavy atom. The Bertz CT molecular complexity index is 1320. The quantitative estimate of drug-likeness (QED) is 0.381. The maximum Gasteiger partial charge on any atom is 0.244 e. The second-order valence-corrected chi connectivity index (χ2v) is 11.4. The Hall–Kier alpha value is -2.88. The van der Waals surface area contributed by atoms with Gasteiger partial charge in [0.05, 0.1) is 17.0 Å². The SMILES string of the molecule is CNC(=O)C(Cc1ccccc1)N(Cc1cccc(Br)c1)C(=O)CN(c1ccccc1Cl)S(C)(=O)=O. The minimum atomic E-state index is -3.87. The highest BCUT2D eigenvalue weighted by molar-refractivity contribution is 9.10. The fourth-order valence-electron chi connectivity index (χ4n) is 3.80. The molecule has 0 saturated carbocycles. The number of carbonyl (C=O) groups is 2. The lowest BCUT2D eigenvalue weighted by Gasteiger charge is -2.33. The fourth-order valence-corrected chi connectivity index (χ4v) is 5.40. The number of rotatable bonds is 10. The first-order chi connectivity index (χ1) is 17.1. The summed E-state index contributed by atoms with van der Waals surface area (Å²) in [6.07, 6.45) is 1.27. The number of amides is 2. The van der Waals surface area contributed by atoms with E-state index in [4.69, 9.17) is 11.6 Å². The smallest absolute Gasteiger partial charge is 0.244 e. The second-order valence-electron chi connectivity index (χ2n) is 8.19. The molecular weight excluding hydrogens is 566 g/mol. The number of sulfonamides is 1. The molecule has 0 fully saturated rings. The number of anilines is 1. The van der Waals surface area contributed by atoms with E-state index in [-0.39, 0.29) is 29.6 Å². The van der Waals surface area contributed by atoms with Gasteiger partial charge in [0.25, 0.3) is 0 Å². The number of hydrogen-bond acceptors (Lipinski definition) is 4. The molecular formula is C26H27BrClN3O4S. The number of likely N-dealkylation sites (N-methyl/N-ethyl adjacent to an activating group) is 1. The molecule has 1 atom stereocenters. The standard InChI is InChI=1S/C26H27BrClN3O4S/c1-29-26(33)24(16-19-9-4-3-5-10-19)30(17-20-11-8-12-21(27)15-20)25(32)18-31(36(2,34)35)23-14-7-6-13-22(23)28/h3-15,24H,16-18H2,1-2H3,(H,29,33). The van der Waals surface area contributed by atoms with Crippen LogP contribution in [-0.4, -0.2) is 51.0 Å². The predicted molar refractivity (Wildman–Crippen MR) is 146 cm³/mol. The molecule has 7 nitrogen and oxygen atoms in total. The first-order valence-electron chi connectivity index (χ1n) is 11.1. The number of benzene rings is 3. The molecule has 0 aliphatic carbocycles. The molecule has 0 saturated heterocycles. The maximum atomic E-state index is 13.8. The summed E-state index contributed by atoms with van der Waals surface area (Å²) >= 11 is 9.72. The summed E-state index contributed by atoms with van der Waals surface area (Å²) in [6, 6.07) is 22.3. The molecule has 0 bridgehead atoms. The molecule has 0 radical (unpaired) electrons. The van der Waals surface area contributed by atoms with Crippen LogP contribution in [0.15, 0.2) is 83.3 Å². The van der Waals surface area contributed by atoms with Crippen LogP contribution in [0.5, 0.6) is 0 Å². The van der Waals surface area contributed by atoms with E-state index in [0.717, 1.165) is 26.2 Å². The van der Waals surface area contributed by atoms with Crippen molar-refractivity contribution in [1.82, 2.24) is 10.2 Å². The number of nitrogens with zero attached hydrogens (tertiary/aromatic N) is 2. The van der Waals surface area contributed by atoms with E-state index in [1.807, 2.05) is 54.6 Å². The summed E-state index contributed by atoms with van der Waals surface area (Å²) in [5.74, 6) is -0.893. The molecule has 0 spiro atoms. The minimum Gasteiger partial charge on any atom is -0.357 e. The zero-order chi connectivity index (χ0) is 26.3. The van der Waals surface area contributed by atoms with Gasteiger partial charge in [0, 0.05) is 24.5 Å². The van der Waals surface area contributed by atoms with Crippen molar-refractivity contribution in [2.24, 2.45) is 0 Å². The number of para-hydroxylation sites is 1. The van der Waals surface area contributed by atoms with Gasteiger partial charge in [-0.15, -0.1) is 0 Å². The van der Waals surface area contributed by atoms with Crippen molar-refractivity contribution in [3.8, 4) is 0 Å². The van der Waals surface area contributed by atoms with E-state index in [1.54, 1.807) is 18.2 Å². The van der Waals surface area contributed by atoms with E-state index in [9.17, 15) is 18.0 Å². The van der Waals surface area contributed by atoms with E-state index in [2.05, 4.69) is 21.2 Å². The van der Waals surface area contributed by atoms with Crippen molar-refractivity contribution >= 4 is 55.1 Å². The molecule has 0 aliphatic rings. The number of carbonyl (C=O) groups excluding carboxylic acids is 2. The average Bonchev–Trinajstić information content (AvgIpc) is 2.84. The monoisotopic (exact) mass is 591 g/mol. The molecule has 3 aromatic carbocycles. The summed E-state index contributed by atoms with van der Waals surface area (Å²) in [4.78, 5) is 28.3. The third-order valence-corrected chi connectivity index (χ3v) is 7.50. The van der Waals surface area contributed by atoms with Crippen LogP contribution in [0.25, 0.3) is 0 Å².